The molecule has 0 fully saturated rings. The van der Waals surface area contributed by atoms with E-state index in [2.05, 4.69) is 5.32 Å². The van der Waals surface area contributed by atoms with Crippen molar-refractivity contribution in [1.29, 1.82) is 0 Å². The second-order valence-corrected chi connectivity index (χ2v) is 4.53. The zero-order valence-corrected chi connectivity index (χ0v) is 11.4. The summed E-state index contributed by atoms with van der Waals surface area (Å²) in [4.78, 5) is 22.2. The Morgan fingerprint density at radius 3 is 2.60 bits per heavy atom. The Morgan fingerprint density at radius 2 is 2.00 bits per heavy atom. The van der Waals surface area contributed by atoms with Crippen molar-refractivity contribution in [2.24, 2.45) is 0 Å². The SMILES string of the molecule is CC(CCC(=O)O)NC(=O)C(C)Oc1ccccc1F. The van der Waals surface area contributed by atoms with Crippen molar-refractivity contribution in [3.63, 3.8) is 0 Å². The molecule has 0 bridgehead atoms. The zero-order chi connectivity index (χ0) is 15.1. The first-order chi connectivity index (χ1) is 9.40. The Morgan fingerprint density at radius 1 is 1.35 bits per heavy atom. The number of hydrogen-bond acceptors (Lipinski definition) is 3. The number of benzene rings is 1. The summed E-state index contributed by atoms with van der Waals surface area (Å²) in [6.07, 6.45) is -0.559. The highest BCUT2D eigenvalue weighted by Crippen LogP contribution is 2.17. The normalized spacial score (nSPS) is 13.3. The van der Waals surface area contributed by atoms with Gasteiger partial charge in [0.1, 0.15) is 0 Å². The molecular weight excluding hydrogens is 265 g/mol. The lowest BCUT2D eigenvalue weighted by molar-refractivity contribution is -0.137. The molecule has 0 aliphatic carbocycles. The summed E-state index contributed by atoms with van der Waals surface area (Å²) >= 11 is 0. The van der Waals surface area contributed by atoms with Crippen LogP contribution >= 0.6 is 0 Å². The molecule has 0 heterocycles. The quantitative estimate of drug-likeness (QED) is 0.802. The van der Waals surface area contributed by atoms with Gasteiger partial charge in [0.2, 0.25) is 0 Å². The number of amides is 1. The van der Waals surface area contributed by atoms with Gasteiger partial charge in [0.05, 0.1) is 0 Å². The number of para-hydroxylation sites is 1. The van der Waals surface area contributed by atoms with Crippen molar-refractivity contribution in [1.82, 2.24) is 5.32 Å². The maximum atomic E-state index is 13.4. The number of carbonyl (C=O) groups is 2. The van der Waals surface area contributed by atoms with E-state index in [-0.39, 0.29) is 18.2 Å². The number of ether oxygens (including phenoxy) is 1. The summed E-state index contributed by atoms with van der Waals surface area (Å²) in [7, 11) is 0. The van der Waals surface area contributed by atoms with Crippen molar-refractivity contribution in [3.8, 4) is 5.75 Å². The van der Waals surface area contributed by atoms with Gasteiger partial charge in [-0.3, -0.25) is 9.59 Å². The Balaban J connectivity index is 2.47. The molecule has 1 aromatic carbocycles. The second-order valence-electron chi connectivity index (χ2n) is 4.53. The van der Waals surface area contributed by atoms with Gasteiger partial charge in [-0.15, -0.1) is 0 Å². The molecule has 6 heteroatoms. The molecule has 0 saturated heterocycles. The van der Waals surface area contributed by atoms with E-state index in [1.165, 1.54) is 25.1 Å². The molecular formula is C14H18FNO4. The number of rotatable bonds is 7. The summed E-state index contributed by atoms with van der Waals surface area (Å²) in [6.45, 7) is 3.21. The largest absolute Gasteiger partial charge is 0.481 e. The molecule has 0 radical (unpaired) electrons. The van der Waals surface area contributed by atoms with Crippen LogP contribution in [0.1, 0.15) is 26.7 Å². The lowest BCUT2D eigenvalue weighted by Crippen LogP contribution is -2.41. The van der Waals surface area contributed by atoms with Crippen LogP contribution in [0.4, 0.5) is 4.39 Å². The molecule has 2 unspecified atom stereocenters. The zero-order valence-electron chi connectivity index (χ0n) is 11.4. The van der Waals surface area contributed by atoms with Crippen molar-refractivity contribution in [3.05, 3.63) is 30.1 Å². The topological polar surface area (TPSA) is 75.6 Å². The van der Waals surface area contributed by atoms with E-state index in [1.54, 1.807) is 13.0 Å². The van der Waals surface area contributed by atoms with Gasteiger partial charge in [-0.05, 0) is 32.4 Å². The minimum atomic E-state index is -0.915. The van der Waals surface area contributed by atoms with Crippen LogP contribution in [0.5, 0.6) is 5.75 Å². The van der Waals surface area contributed by atoms with Gasteiger partial charge in [0.15, 0.2) is 17.7 Å². The van der Waals surface area contributed by atoms with E-state index in [4.69, 9.17) is 9.84 Å². The van der Waals surface area contributed by atoms with E-state index < -0.39 is 23.8 Å². The average molecular weight is 283 g/mol. The molecule has 0 spiro atoms. The summed E-state index contributed by atoms with van der Waals surface area (Å²) in [5, 5.41) is 11.2. The van der Waals surface area contributed by atoms with Crippen LogP contribution in [0.15, 0.2) is 24.3 Å². The highest BCUT2D eigenvalue weighted by Gasteiger charge is 2.18. The average Bonchev–Trinajstić information content (AvgIpc) is 2.39. The van der Waals surface area contributed by atoms with Crippen molar-refractivity contribution in [2.75, 3.05) is 0 Å². The summed E-state index contributed by atoms with van der Waals surface area (Å²) in [6, 6.07) is 5.53. The van der Waals surface area contributed by atoms with Gasteiger partial charge < -0.3 is 15.2 Å². The fraction of sp³-hybridized carbons (Fsp3) is 0.429. The molecule has 2 N–H and O–H groups in total. The van der Waals surface area contributed by atoms with Gasteiger partial charge in [-0.25, -0.2) is 4.39 Å². The minimum Gasteiger partial charge on any atom is -0.481 e. The molecule has 5 nitrogen and oxygen atoms in total. The van der Waals surface area contributed by atoms with Crippen molar-refractivity contribution in [2.45, 2.75) is 38.8 Å². The van der Waals surface area contributed by atoms with Crippen LogP contribution in [0, 0.1) is 5.82 Å². The first-order valence-electron chi connectivity index (χ1n) is 6.33. The molecule has 0 aliphatic rings. The third-order valence-corrected chi connectivity index (χ3v) is 2.69. The summed E-state index contributed by atoms with van der Waals surface area (Å²) in [5.74, 6) is -1.85. The van der Waals surface area contributed by atoms with E-state index in [9.17, 15) is 14.0 Å². The summed E-state index contributed by atoms with van der Waals surface area (Å²) < 4.78 is 18.6. The standard InChI is InChI=1S/C14H18FNO4/c1-9(7-8-13(17)18)16-14(19)10(2)20-12-6-4-3-5-11(12)15/h3-6,9-10H,7-8H2,1-2H3,(H,16,19)(H,17,18). The number of carbonyl (C=O) groups excluding carboxylic acids is 1. The second kappa shape index (κ2) is 7.47. The highest BCUT2D eigenvalue weighted by atomic mass is 19.1. The maximum Gasteiger partial charge on any atom is 0.303 e. The molecule has 1 aromatic rings. The van der Waals surface area contributed by atoms with E-state index in [0.29, 0.717) is 6.42 Å². The third kappa shape index (κ3) is 5.26. The molecule has 0 aromatic heterocycles. The van der Waals surface area contributed by atoms with Gasteiger partial charge in [-0.1, -0.05) is 12.1 Å². The lowest BCUT2D eigenvalue weighted by Gasteiger charge is -2.18. The Labute approximate surface area is 116 Å². The van der Waals surface area contributed by atoms with Gasteiger partial charge in [-0.2, -0.15) is 0 Å². The molecule has 1 amide bonds. The van der Waals surface area contributed by atoms with Crippen LogP contribution in [0.25, 0.3) is 0 Å². The van der Waals surface area contributed by atoms with Gasteiger partial charge >= 0.3 is 5.97 Å². The van der Waals surface area contributed by atoms with Crippen LogP contribution in [0.2, 0.25) is 0 Å². The molecule has 1 rings (SSSR count). The molecule has 0 aliphatic heterocycles. The smallest absolute Gasteiger partial charge is 0.303 e. The van der Waals surface area contributed by atoms with Gasteiger partial charge in [0.25, 0.3) is 5.91 Å². The fourth-order valence-corrected chi connectivity index (χ4v) is 1.56. The first-order valence-corrected chi connectivity index (χ1v) is 6.33. The Kier molecular flexibility index (Phi) is 5.96. The highest BCUT2D eigenvalue weighted by molar-refractivity contribution is 5.81. The predicted molar refractivity (Wildman–Crippen MR) is 71.0 cm³/mol. The van der Waals surface area contributed by atoms with E-state index in [1.807, 2.05) is 0 Å². The predicted octanol–water partition coefficient (Wildman–Crippen LogP) is 1.96. The van der Waals surface area contributed by atoms with Crippen molar-refractivity contribution < 1.29 is 23.8 Å². The number of halogens is 1. The van der Waals surface area contributed by atoms with E-state index in [0.717, 1.165) is 0 Å². The molecule has 20 heavy (non-hydrogen) atoms. The van der Waals surface area contributed by atoms with E-state index >= 15 is 0 Å². The molecule has 2 atom stereocenters. The Hall–Kier alpha value is -2.11. The fourth-order valence-electron chi connectivity index (χ4n) is 1.56. The number of nitrogens with one attached hydrogen (secondary N) is 1. The monoisotopic (exact) mass is 283 g/mol. The number of hydrogen-bond donors (Lipinski definition) is 2. The van der Waals surface area contributed by atoms with Crippen molar-refractivity contribution >= 4 is 11.9 Å². The van der Waals surface area contributed by atoms with Crippen LogP contribution in [0.3, 0.4) is 0 Å². The first kappa shape index (κ1) is 15.9. The molecule has 110 valence electrons. The third-order valence-electron chi connectivity index (χ3n) is 2.69. The van der Waals surface area contributed by atoms with Crippen LogP contribution in [-0.2, 0) is 9.59 Å². The summed E-state index contributed by atoms with van der Waals surface area (Å²) in [5.41, 5.74) is 0. The maximum absolute atomic E-state index is 13.4. The number of carboxylic acid groups (broad SMARTS) is 1. The van der Waals surface area contributed by atoms with Gasteiger partial charge in [0, 0.05) is 12.5 Å². The number of carboxylic acids is 1. The molecule has 0 saturated carbocycles. The van der Waals surface area contributed by atoms with Crippen LogP contribution in [-0.4, -0.2) is 29.1 Å². The van der Waals surface area contributed by atoms with Crippen LogP contribution < -0.4 is 10.1 Å². The minimum absolute atomic E-state index is 0.00772. The Bertz CT molecular complexity index is 478. The lowest BCUT2D eigenvalue weighted by atomic mass is 10.2. The number of aliphatic carboxylic acids is 1.